The maximum absolute atomic E-state index is 7.15. The highest BCUT2D eigenvalue weighted by atomic mass is 16.3. The Kier molecular flexibility index (Phi) is 5.49. The van der Waals surface area contributed by atoms with Crippen LogP contribution in [0.15, 0.2) is 186 Å². The summed E-state index contributed by atoms with van der Waals surface area (Å²) >= 11 is 0. The number of benzene rings is 9. The molecule has 240 valence electrons. The Hall–Kier alpha value is -6.70. The second-order valence-electron chi connectivity index (χ2n) is 14.3. The summed E-state index contributed by atoms with van der Waals surface area (Å²) in [5, 5.41) is 7.22. The van der Waals surface area contributed by atoms with Crippen molar-refractivity contribution in [2.45, 2.75) is 5.41 Å². The van der Waals surface area contributed by atoms with Crippen molar-refractivity contribution in [3.8, 4) is 44.5 Å². The number of furan rings is 1. The Balaban J connectivity index is 1.18. The summed E-state index contributed by atoms with van der Waals surface area (Å²) in [7, 11) is 0. The molecule has 2 aliphatic rings. The SMILES string of the molecule is c1ccc(-c2c3ccccc3c(-c3cccc4c3oc3cc5c(cc34)-c3ccccc3C53c4ccccc4-c4ccccc43)c3ccccc23)cc1. The lowest BCUT2D eigenvalue weighted by atomic mass is 9.70. The zero-order valence-corrected chi connectivity index (χ0v) is 28.2. The van der Waals surface area contributed by atoms with Crippen LogP contribution >= 0.6 is 0 Å². The van der Waals surface area contributed by atoms with Crippen LogP contribution in [0.4, 0.5) is 0 Å². The number of hydrogen-bond donors (Lipinski definition) is 0. The third kappa shape index (κ3) is 3.43. The summed E-state index contributed by atoms with van der Waals surface area (Å²) in [6.45, 7) is 0. The van der Waals surface area contributed by atoms with E-state index >= 15 is 0 Å². The van der Waals surface area contributed by atoms with E-state index in [2.05, 4.69) is 182 Å². The molecule has 1 heteroatoms. The van der Waals surface area contributed by atoms with Crippen LogP contribution in [-0.4, -0.2) is 0 Å². The van der Waals surface area contributed by atoms with Crippen LogP contribution in [0.3, 0.4) is 0 Å². The van der Waals surface area contributed by atoms with E-state index in [1.54, 1.807) is 0 Å². The minimum Gasteiger partial charge on any atom is -0.455 e. The average molecular weight is 659 g/mol. The van der Waals surface area contributed by atoms with E-state index in [9.17, 15) is 0 Å². The maximum atomic E-state index is 7.15. The lowest BCUT2D eigenvalue weighted by Crippen LogP contribution is -2.25. The van der Waals surface area contributed by atoms with Gasteiger partial charge in [0.2, 0.25) is 0 Å². The van der Waals surface area contributed by atoms with Gasteiger partial charge in [0.25, 0.3) is 0 Å². The van der Waals surface area contributed by atoms with Crippen LogP contribution in [0, 0.1) is 0 Å². The highest BCUT2D eigenvalue weighted by molar-refractivity contribution is 6.24. The van der Waals surface area contributed by atoms with Gasteiger partial charge in [-0.3, -0.25) is 0 Å². The first-order valence-electron chi connectivity index (χ1n) is 18.1. The van der Waals surface area contributed by atoms with Crippen molar-refractivity contribution in [1.82, 2.24) is 0 Å². The van der Waals surface area contributed by atoms with Gasteiger partial charge in [-0.2, -0.15) is 0 Å². The fourth-order valence-electron chi connectivity index (χ4n) is 9.91. The Morgan fingerprint density at radius 2 is 0.769 bits per heavy atom. The number of fused-ring (bicyclic) bond motifs is 15. The first kappa shape index (κ1) is 28.0. The monoisotopic (exact) mass is 658 g/mol. The van der Waals surface area contributed by atoms with Crippen molar-refractivity contribution in [1.29, 1.82) is 0 Å². The van der Waals surface area contributed by atoms with Crippen LogP contribution in [0.1, 0.15) is 22.3 Å². The number of hydrogen-bond acceptors (Lipinski definition) is 1. The van der Waals surface area contributed by atoms with Gasteiger partial charge in [0, 0.05) is 21.9 Å². The molecular weight excluding hydrogens is 629 g/mol. The second kappa shape index (κ2) is 10.2. The van der Waals surface area contributed by atoms with E-state index in [0.29, 0.717) is 0 Å². The molecule has 0 saturated carbocycles. The van der Waals surface area contributed by atoms with Crippen LogP contribution in [0.25, 0.3) is 88.0 Å². The maximum Gasteiger partial charge on any atom is 0.143 e. The fourth-order valence-corrected chi connectivity index (χ4v) is 9.91. The van der Waals surface area contributed by atoms with E-state index in [0.717, 1.165) is 27.5 Å². The summed E-state index contributed by atoms with van der Waals surface area (Å²) in [4.78, 5) is 0. The molecule has 0 radical (unpaired) electrons. The number of para-hydroxylation sites is 1. The second-order valence-corrected chi connectivity index (χ2v) is 14.3. The molecule has 0 unspecified atom stereocenters. The van der Waals surface area contributed by atoms with Crippen LogP contribution in [0.2, 0.25) is 0 Å². The molecule has 10 aromatic rings. The molecule has 9 aromatic carbocycles. The molecule has 2 aliphatic carbocycles. The predicted molar refractivity (Wildman–Crippen MR) is 216 cm³/mol. The topological polar surface area (TPSA) is 13.1 Å². The van der Waals surface area contributed by atoms with Crippen molar-refractivity contribution in [3.63, 3.8) is 0 Å². The summed E-state index contributed by atoms with van der Waals surface area (Å²) in [5.74, 6) is 0. The summed E-state index contributed by atoms with van der Waals surface area (Å²) in [6.07, 6.45) is 0. The van der Waals surface area contributed by atoms with Crippen molar-refractivity contribution in [3.05, 3.63) is 204 Å². The van der Waals surface area contributed by atoms with Gasteiger partial charge in [0.05, 0.1) is 5.41 Å². The van der Waals surface area contributed by atoms with Gasteiger partial charge in [-0.15, -0.1) is 0 Å². The first-order chi connectivity index (χ1) is 25.8. The van der Waals surface area contributed by atoms with Gasteiger partial charge in [-0.05, 0) is 89.3 Å². The average Bonchev–Trinajstić information content (AvgIpc) is 3.83. The van der Waals surface area contributed by atoms with Gasteiger partial charge in [-0.25, -0.2) is 0 Å². The smallest absolute Gasteiger partial charge is 0.143 e. The van der Waals surface area contributed by atoms with Crippen molar-refractivity contribution < 1.29 is 4.42 Å². The van der Waals surface area contributed by atoms with E-state index in [1.807, 2.05) is 0 Å². The van der Waals surface area contributed by atoms with Gasteiger partial charge < -0.3 is 4.42 Å². The molecule has 12 rings (SSSR count). The van der Waals surface area contributed by atoms with Crippen LogP contribution in [-0.2, 0) is 5.41 Å². The summed E-state index contributed by atoms with van der Waals surface area (Å²) < 4.78 is 7.15. The molecule has 0 saturated heterocycles. The molecule has 0 bridgehead atoms. The fraction of sp³-hybridized carbons (Fsp3) is 0.0196. The zero-order chi connectivity index (χ0) is 34.0. The highest BCUT2D eigenvalue weighted by Crippen LogP contribution is 2.63. The van der Waals surface area contributed by atoms with Crippen LogP contribution in [0.5, 0.6) is 0 Å². The molecule has 0 atom stereocenters. The third-order valence-electron chi connectivity index (χ3n) is 11.9. The van der Waals surface area contributed by atoms with Gasteiger partial charge >= 0.3 is 0 Å². The molecule has 1 spiro atoms. The quantitative estimate of drug-likeness (QED) is 0.169. The third-order valence-corrected chi connectivity index (χ3v) is 11.9. The van der Waals surface area contributed by atoms with E-state index in [1.165, 1.54) is 82.7 Å². The Morgan fingerprint density at radius 3 is 1.37 bits per heavy atom. The largest absolute Gasteiger partial charge is 0.455 e. The Morgan fingerprint density at radius 1 is 0.308 bits per heavy atom. The normalized spacial score (nSPS) is 13.5. The molecule has 1 nitrogen and oxygen atoms in total. The molecule has 1 aromatic heterocycles. The standard InChI is InChI=1S/C51H30O/c1-2-15-31(16-3-1)48-35-20-4-6-22-37(35)49(38-23-7-5-21-36(38)48)40-25-14-24-39-42-29-41-34-19-10-13-28-45(34)51(46(41)30-47(42)52-50(39)40)43-26-11-8-17-32(43)33-18-9-12-27-44(33)51/h1-30H. The molecule has 1 heterocycles. The minimum atomic E-state index is -0.408. The molecule has 52 heavy (non-hydrogen) atoms. The van der Waals surface area contributed by atoms with Crippen molar-refractivity contribution >= 4 is 43.5 Å². The predicted octanol–water partition coefficient (Wildman–Crippen LogP) is 13.6. The van der Waals surface area contributed by atoms with Crippen LogP contribution < -0.4 is 0 Å². The lowest BCUT2D eigenvalue weighted by molar-refractivity contribution is 0.667. The molecule has 0 N–H and O–H groups in total. The first-order valence-corrected chi connectivity index (χ1v) is 18.1. The van der Waals surface area contributed by atoms with Crippen molar-refractivity contribution in [2.75, 3.05) is 0 Å². The van der Waals surface area contributed by atoms with E-state index in [-0.39, 0.29) is 0 Å². The summed E-state index contributed by atoms with van der Waals surface area (Å²) in [5.41, 5.74) is 16.8. The van der Waals surface area contributed by atoms with Crippen molar-refractivity contribution in [2.24, 2.45) is 0 Å². The highest BCUT2D eigenvalue weighted by Gasteiger charge is 2.51. The molecule has 0 aliphatic heterocycles. The van der Waals surface area contributed by atoms with Gasteiger partial charge in [-0.1, -0.05) is 170 Å². The zero-order valence-electron chi connectivity index (χ0n) is 28.2. The minimum absolute atomic E-state index is 0.408. The molecule has 0 amide bonds. The molecule has 0 fully saturated rings. The van der Waals surface area contributed by atoms with E-state index < -0.39 is 5.41 Å². The lowest BCUT2D eigenvalue weighted by Gasteiger charge is -2.30. The summed E-state index contributed by atoms with van der Waals surface area (Å²) in [6, 6.07) is 66.9. The number of rotatable bonds is 2. The van der Waals surface area contributed by atoms with Gasteiger partial charge in [0.15, 0.2) is 0 Å². The Bertz CT molecular complexity index is 3020. The molecular formula is C51H30O. The Labute approximate surface area is 301 Å². The van der Waals surface area contributed by atoms with Gasteiger partial charge in [0.1, 0.15) is 11.2 Å². The van der Waals surface area contributed by atoms with E-state index in [4.69, 9.17) is 4.42 Å².